The van der Waals surface area contributed by atoms with Crippen molar-refractivity contribution < 1.29 is 0 Å². The van der Waals surface area contributed by atoms with E-state index < -0.39 is 0 Å². The fourth-order valence-corrected chi connectivity index (χ4v) is 4.09. The smallest absolute Gasteiger partial charge is 0.0634 e. The van der Waals surface area contributed by atoms with Gasteiger partial charge < -0.3 is 5.32 Å². The van der Waals surface area contributed by atoms with Crippen molar-refractivity contribution in [2.75, 3.05) is 5.32 Å². The Morgan fingerprint density at radius 1 is 1.00 bits per heavy atom. The van der Waals surface area contributed by atoms with E-state index in [0.29, 0.717) is 12.0 Å². The van der Waals surface area contributed by atoms with Crippen molar-refractivity contribution in [3.8, 4) is 0 Å². The first-order valence-electron chi connectivity index (χ1n) is 7.24. The Kier molecular flexibility index (Phi) is 5.88. The minimum absolute atomic E-state index is 0.307. The van der Waals surface area contributed by atoms with Gasteiger partial charge in [0.1, 0.15) is 0 Å². The largest absolute Gasteiger partial charge is 0.376 e. The van der Waals surface area contributed by atoms with Crippen molar-refractivity contribution in [2.45, 2.75) is 33.2 Å². The Labute approximate surface area is 144 Å². The maximum Gasteiger partial charge on any atom is 0.0634 e. The first-order valence-corrected chi connectivity index (χ1v) is 8.83. The normalized spacial score (nSPS) is 12.5. The van der Waals surface area contributed by atoms with E-state index in [-0.39, 0.29) is 0 Å². The highest BCUT2D eigenvalue weighted by Crippen LogP contribution is 2.36. The molecule has 0 aliphatic rings. The standard InChI is InChI=1S/C18H21Br2N/c1-12(2)9-17(14-7-5-4-6-8-14)21-18-15(19)10-13(3)11-16(18)20/h4-8,10-12,17,21H,9H2,1-3H3. The van der Waals surface area contributed by atoms with Crippen molar-refractivity contribution in [1.29, 1.82) is 0 Å². The Balaban J connectivity index is 2.32. The van der Waals surface area contributed by atoms with E-state index >= 15 is 0 Å². The summed E-state index contributed by atoms with van der Waals surface area (Å²) in [6.07, 6.45) is 1.09. The molecule has 112 valence electrons. The van der Waals surface area contributed by atoms with E-state index in [4.69, 9.17) is 0 Å². The maximum atomic E-state index is 3.70. The van der Waals surface area contributed by atoms with E-state index in [1.165, 1.54) is 11.1 Å². The average Bonchev–Trinajstić information content (AvgIpc) is 2.42. The van der Waals surface area contributed by atoms with Crippen LogP contribution in [0.3, 0.4) is 0 Å². The predicted molar refractivity (Wildman–Crippen MR) is 98.8 cm³/mol. The number of nitrogens with one attached hydrogen (secondary N) is 1. The first kappa shape index (κ1) is 16.6. The van der Waals surface area contributed by atoms with Gasteiger partial charge in [-0.05, 0) is 74.4 Å². The van der Waals surface area contributed by atoms with Crippen LogP contribution in [0.15, 0.2) is 51.4 Å². The fraction of sp³-hybridized carbons (Fsp3) is 0.333. The zero-order valence-electron chi connectivity index (χ0n) is 12.7. The van der Waals surface area contributed by atoms with Gasteiger partial charge >= 0.3 is 0 Å². The molecule has 0 spiro atoms. The topological polar surface area (TPSA) is 12.0 Å². The molecule has 0 bridgehead atoms. The Morgan fingerprint density at radius 2 is 1.57 bits per heavy atom. The molecule has 0 saturated carbocycles. The molecule has 0 fully saturated rings. The van der Waals surface area contributed by atoms with Gasteiger partial charge in [-0.15, -0.1) is 0 Å². The maximum absolute atomic E-state index is 3.70. The molecule has 2 aromatic carbocycles. The number of benzene rings is 2. The van der Waals surface area contributed by atoms with Crippen LogP contribution in [0.5, 0.6) is 0 Å². The molecule has 21 heavy (non-hydrogen) atoms. The summed E-state index contributed by atoms with van der Waals surface area (Å²) >= 11 is 7.35. The molecule has 0 radical (unpaired) electrons. The summed E-state index contributed by atoms with van der Waals surface area (Å²) < 4.78 is 2.19. The molecule has 0 heterocycles. The quantitative estimate of drug-likeness (QED) is 0.576. The lowest BCUT2D eigenvalue weighted by Crippen LogP contribution is -2.14. The van der Waals surface area contributed by atoms with Gasteiger partial charge in [0, 0.05) is 8.95 Å². The molecule has 0 aliphatic carbocycles. The van der Waals surface area contributed by atoms with Crippen LogP contribution in [0.1, 0.15) is 37.4 Å². The van der Waals surface area contributed by atoms with Crippen molar-refractivity contribution in [1.82, 2.24) is 0 Å². The molecular weight excluding hydrogens is 390 g/mol. The lowest BCUT2D eigenvalue weighted by molar-refractivity contribution is 0.530. The predicted octanol–water partition coefficient (Wildman–Crippen LogP) is 6.72. The van der Waals surface area contributed by atoms with Crippen LogP contribution in [0, 0.1) is 12.8 Å². The molecule has 1 atom stereocenters. The number of halogens is 2. The van der Waals surface area contributed by atoms with Crippen LogP contribution in [0.2, 0.25) is 0 Å². The third-order valence-corrected chi connectivity index (χ3v) is 4.66. The van der Waals surface area contributed by atoms with Crippen LogP contribution in [-0.2, 0) is 0 Å². The number of hydrogen-bond donors (Lipinski definition) is 1. The SMILES string of the molecule is Cc1cc(Br)c(NC(CC(C)C)c2ccccc2)c(Br)c1. The van der Waals surface area contributed by atoms with Crippen molar-refractivity contribution in [3.05, 3.63) is 62.5 Å². The molecule has 0 aliphatic heterocycles. The van der Waals surface area contributed by atoms with Gasteiger partial charge in [-0.1, -0.05) is 44.2 Å². The number of anilines is 1. The second-order valence-corrected chi connectivity index (χ2v) is 7.55. The molecule has 1 nitrogen and oxygen atoms in total. The van der Waals surface area contributed by atoms with E-state index in [1.807, 2.05) is 0 Å². The second-order valence-electron chi connectivity index (χ2n) is 5.84. The molecule has 2 aromatic rings. The van der Waals surface area contributed by atoms with Gasteiger partial charge in [0.05, 0.1) is 11.7 Å². The lowest BCUT2D eigenvalue weighted by atomic mass is 9.96. The van der Waals surface area contributed by atoms with E-state index in [9.17, 15) is 0 Å². The molecule has 0 amide bonds. The zero-order valence-corrected chi connectivity index (χ0v) is 15.8. The molecule has 2 rings (SSSR count). The summed E-state index contributed by atoms with van der Waals surface area (Å²) in [6.45, 7) is 6.62. The van der Waals surface area contributed by atoms with Crippen LogP contribution < -0.4 is 5.32 Å². The number of aryl methyl sites for hydroxylation is 1. The van der Waals surface area contributed by atoms with Gasteiger partial charge in [-0.3, -0.25) is 0 Å². The molecule has 0 aromatic heterocycles. The molecule has 0 saturated heterocycles. The molecule has 3 heteroatoms. The van der Waals surface area contributed by atoms with Crippen molar-refractivity contribution in [3.63, 3.8) is 0 Å². The summed E-state index contributed by atoms with van der Waals surface area (Å²) in [6, 6.07) is 15.2. The van der Waals surface area contributed by atoms with Gasteiger partial charge in [0.15, 0.2) is 0 Å². The monoisotopic (exact) mass is 409 g/mol. The van der Waals surface area contributed by atoms with Crippen LogP contribution in [-0.4, -0.2) is 0 Å². The van der Waals surface area contributed by atoms with Crippen LogP contribution >= 0.6 is 31.9 Å². The van der Waals surface area contributed by atoms with Gasteiger partial charge in [-0.2, -0.15) is 0 Å². The zero-order chi connectivity index (χ0) is 15.4. The minimum Gasteiger partial charge on any atom is -0.376 e. The van der Waals surface area contributed by atoms with Crippen LogP contribution in [0.4, 0.5) is 5.69 Å². The average molecular weight is 411 g/mol. The Morgan fingerprint density at radius 3 is 2.10 bits per heavy atom. The van der Waals surface area contributed by atoms with Crippen LogP contribution in [0.25, 0.3) is 0 Å². The number of rotatable bonds is 5. The van der Waals surface area contributed by atoms with Crippen molar-refractivity contribution >= 4 is 37.5 Å². The van der Waals surface area contributed by atoms with Gasteiger partial charge in [-0.25, -0.2) is 0 Å². The van der Waals surface area contributed by atoms with E-state index in [2.05, 4.69) is 100 Å². The third-order valence-electron chi connectivity index (χ3n) is 3.41. The summed E-state index contributed by atoms with van der Waals surface area (Å²) in [5.74, 6) is 0.630. The Bertz CT molecular complexity index is 570. The summed E-state index contributed by atoms with van der Waals surface area (Å²) in [7, 11) is 0. The second kappa shape index (κ2) is 7.46. The fourth-order valence-electron chi connectivity index (χ4n) is 2.45. The third kappa shape index (κ3) is 4.58. The Hall–Kier alpha value is -0.800. The highest BCUT2D eigenvalue weighted by molar-refractivity contribution is 9.11. The lowest BCUT2D eigenvalue weighted by Gasteiger charge is -2.24. The summed E-state index contributed by atoms with van der Waals surface area (Å²) in [4.78, 5) is 0. The highest BCUT2D eigenvalue weighted by atomic mass is 79.9. The first-order chi connectivity index (χ1) is 9.97. The summed E-state index contributed by atoms with van der Waals surface area (Å²) in [5.41, 5.74) is 3.68. The van der Waals surface area contributed by atoms with E-state index in [1.54, 1.807) is 0 Å². The number of hydrogen-bond acceptors (Lipinski definition) is 1. The minimum atomic E-state index is 0.307. The summed E-state index contributed by atoms with van der Waals surface area (Å²) in [5, 5.41) is 3.70. The molecular formula is C18H21Br2N. The van der Waals surface area contributed by atoms with Gasteiger partial charge in [0.25, 0.3) is 0 Å². The molecule has 1 unspecified atom stereocenters. The molecule has 1 N–H and O–H groups in total. The van der Waals surface area contributed by atoms with E-state index in [0.717, 1.165) is 21.1 Å². The van der Waals surface area contributed by atoms with Crippen molar-refractivity contribution in [2.24, 2.45) is 5.92 Å². The van der Waals surface area contributed by atoms with Gasteiger partial charge in [0.2, 0.25) is 0 Å². The highest BCUT2D eigenvalue weighted by Gasteiger charge is 2.16.